The first-order valence-corrected chi connectivity index (χ1v) is 7.14. The van der Waals surface area contributed by atoms with Gasteiger partial charge in [-0.2, -0.15) is 0 Å². The lowest BCUT2D eigenvalue weighted by molar-refractivity contribution is 0.628. The monoisotopic (exact) mass is 305 g/mol. The molecule has 0 fully saturated rings. The fourth-order valence-electron chi connectivity index (χ4n) is 2.53. The van der Waals surface area contributed by atoms with Crippen LogP contribution in [0.4, 0.5) is 4.39 Å². The molecular formula is C18H12FN3O. The van der Waals surface area contributed by atoms with E-state index < -0.39 is 0 Å². The molecule has 0 saturated heterocycles. The molecule has 0 amide bonds. The molecule has 4 rings (SSSR count). The fourth-order valence-corrected chi connectivity index (χ4v) is 2.53. The highest BCUT2D eigenvalue weighted by Gasteiger charge is 2.10. The third-order valence-electron chi connectivity index (χ3n) is 3.69. The summed E-state index contributed by atoms with van der Waals surface area (Å²) in [5, 5.41) is 0. The van der Waals surface area contributed by atoms with Gasteiger partial charge < -0.3 is 4.40 Å². The molecule has 0 unspecified atom stereocenters. The van der Waals surface area contributed by atoms with E-state index in [1.807, 2.05) is 30.3 Å². The summed E-state index contributed by atoms with van der Waals surface area (Å²) in [5.74, 6) is -0.302. The van der Waals surface area contributed by atoms with Gasteiger partial charge in [-0.25, -0.2) is 9.37 Å². The van der Waals surface area contributed by atoms with E-state index in [9.17, 15) is 9.18 Å². The number of hydrogen-bond donors (Lipinski definition) is 0. The van der Waals surface area contributed by atoms with Gasteiger partial charge in [-0.3, -0.25) is 9.36 Å². The van der Waals surface area contributed by atoms with E-state index in [1.165, 1.54) is 12.1 Å². The molecule has 0 aliphatic rings. The topological polar surface area (TPSA) is 39.3 Å². The zero-order valence-corrected chi connectivity index (χ0v) is 12.1. The van der Waals surface area contributed by atoms with Crippen LogP contribution in [0.2, 0.25) is 0 Å². The second-order valence-electron chi connectivity index (χ2n) is 5.17. The number of para-hydroxylation sites is 1. The molecule has 0 N–H and O–H groups in total. The Kier molecular flexibility index (Phi) is 3.05. The molecule has 0 aliphatic carbocycles. The van der Waals surface area contributed by atoms with Crippen molar-refractivity contribution in [3.05, 3.63) is 89.4 Å². The molecule has 2 aromatic heterocycles. The van der Waals surface area contributed by atoms with Crippen molar-refractivity contribution in [2.24, 2.45) is 0 Å². The summed E-state index contributed by atoms with van der Waals surface area (Å²) in [6, 6.07) is 15.4. The number of halogens is 1. The molecule has 0 bridgehead atoms. The van der Waals surface area contributed by atoms with E-state index in [-0.39, 0.29) is 11.4 Å². The Morgan fingerprint density at radius 1 is 0.913 bits per heavy atom. The molecule has 0 saturated carbocycles. The van der Waals surface area contributed by atoms with Gasteiger partial charge in [0, 0.05) is 29.8 Å². The Labute approximate surface area is 131 Å². The van der Waals surface area contributed by atoms with Gasteiger partial charge in [0.2, 0.25) is 5.65 Å². The molecule has 0 spiro atoms. The average Bonchev–Trinajstić information content (AvgIpc) is 3.02. The quantitative estimate of drug-likeness (QED) is 0.570. The van der Waals surface area contributed by atoms with Crippen molar-refractivity contribution in [3.63, 3.8) is 0 Å². The lowest BCUT2D eigenvalue weighted by atomic mass is 10.2. The van der Waals surface area contributed by atoms with E-state index in [0.29, 0.717) is 11.3 Å². The first-order valence-electron chi connectivity index (χ1n) is 7.14. The maximum Gasteiger partial charge on any atom is 0.298 e. The SMILES string of the molecule is O=c1c2nc(-c3ccc(F)cc3)cn2ccn1-c1ccccc1. The number of hydrogen-bond acceptors (Lipinski definition) is 2. The predicted octanol–water partition coefficient (Wildman–Crippen LogP) is 3.29. The summed E-state index contributed by atoms with van der Waals surface area (Å²) in [7, 11) is 0. The third-order valence-corrected chi connectivity index (χ3v) is 3.69. The summed E-state index contributed by atoms with van der Waals surface area (Å²) in [4.78, 5) is 17.1. The van der Waals surface area contributed by atoms with E-state index in [2.05, 4.69) is 4.98 Å². The highest BCUT2D eigenvalue weighted by atomic mass is 19.1. The van der Waals surface area contributed by atoms with Crippen LogP contribution in [0.1, 0.15) is 0 Å². The summed E-state index contributed by atoms with van der Waals surface area (Å²) in [5.41, 5.74) is 2.31. The van der Waals surface area contributed by atoms with Gasteiger partial charge in [-0.05, 0) is 36.4 Å². The molecule has 0 aliphatic heterocycles. The average molecular weight is 305 g/mol. The Morgan fingerprint density at radius 3 is 2.39 bits per heavy atom. The lowest BCUT2D eigenvalue weighted by Gasteiger charge is -2.04. The van der Waals surface area contributed by atoms with Crippen molar-refractivity contribution in [3.8, 4) is 16.9 Å². The maximum atomic E-state index is 13.0. The van der Waals surface area contributed by atoms with Crippen LogP contribution in [0.3, 0.4) is 0 Å². The minimum Gasteiger partial charge on any atom is -0.300 e. The number of nitrogens with zero attached hydrogens (tertiary/aromatic N) is 3. The van der Waals surface area contributed by atoms with Gasteiger partial charge in [-0.1, -0.05) is 18.2 Å². The van der Waals surface area contributed by atoms with Crippen LogP contribution < -0.4 is 5.56 Å². The first-order chi connectivity index (χ1) is 11.2. The van der Waals surface area contributed by atoms with E-state index >= 15 is 0 Å². The van der Waals surface area contributed by atoms with Crippen molar-refractivity contribution >= 4 is 5.65 Å². The normalized spacial score (nSPS) is 11.0. The van der Waals surface area contributed by atoms with E-state index in [1.54, 1.807) is 39.7 Å². The van der Waals surface area contributed by atoms with Crippen LogP contribution >= 0.6 is 0 Å². The van der Waals surface area contributed by atoms with Crippen molar-refractivity contribution in [1.29, 1.82) is 0 Å². The summed E-state index contributed by atoms with van der Waals surface area (Å²) in [6.07, 6.45) is 5.25. The van der Waals surface area contributed by atoms with Gasteiger partial charge in [0.1, 0.15) is 5.82 Å². The van der Waals surface area contributed by atoms with Crippen molar-refractivity contribution < 1.29 is 4.39 Å². The van der Waals surface area contributed by atoms with Crippen LogP contribution in [0, 0.1) is 5.82 Å². The van der Waals surface area contributed by atoms with Crippen LogP contribution in [-0.4, -0.2) is 14.0 Å². The van der Waals surface area contributed by atoms with Gasteiger partial charge >= 0.3 is 0 Å². The van der Waals surface area contributed by atoms with Crippen LogP contribution in [0.25, 0.3) is 22.6 Å². The first kappa shape index (κ1) is 13.5. The standard InChI is InChI=1S/C18H12FN3O/c19-14-8-6-13(7-9-14)16-12-21-10-11-22(18(23)17(21)20-16)15-4-2-1-3-5-15/h1-12H. The van der Waals surface area contributed by atoms with Crippen molar-refractivity contribution in [2.75, 3.05) is 0 Å². The predicted molar refractivity (Wildman–Crippen MR) is 86.2 cm³/mol. The van der Waals surface area contributed by atoms with Gasteiger partial charge in [0.15, 0.2) is 0 Å². The molecular weight excluding hydrogens is 293 g/mol. The van der Waals surface area contributed by atoms with Gasteiger partial charge in [0.05, 0.1) is 5.69 Å². The lowest BCUT2D eigenvalue weighted by Crippen LogP contribution is -2.19. The van der Waals surface area contributed by atoms with Crippen LogP contribution in [0.15, 0.2) is 78.0 Å². The molecule has 0 atom stereocenters. The van der Waals surface area contributed by atoms with Gasteiger partial charge in [0.25, 0.3) is 5.56 Å². The number of rotatable bonds is 2. The largest absolute Gasteiger partial charge is 0.300 e. The van der Waals surface area contributed by atoms with E-state index in [4.69, 9.17) is 0 Å². The molecule has 4 nitrogen and oxygen atoms in total. The van der Waals surface area contributed by atoms with Crippen LogP contribution in [-0.2, 0) is 0 Å². The molecule has 4 aromatic rings. The minimum absolute atomic E-state index is 0.202. The summed E-state index contributed by atoms with van der Waals surface area (Å²) < 4.78 is 16.3. The highest BCUT2D eigenvalue weighted by Crippen LogP contribution is 2.18. The molecule has 23 heavy (non-hydrogen) atoms. The third kappa shape index (κ3) is 2.32. The molecule has 2 aromatic carbocycles. The molecule has 5 heteroatoms. The fraction of sp³-hybridized carbons (Fsp3) is 0. The zero-order valence-electron chi connectivity index (χ0n) is 12.1. The van der Waals surface area contributed by atoms with Gasteiger partial charge in [-0.15, -0.1) is 0 Å². The Hall–Kier alpha value is -3.21. The number of benzene rings is 2. The Balaban J connectivity index is 1.88. The molecule has 0 radical (unpaired) electrons. The smallest absolute Gasteiger partial charge is 0.298 e. The zero-order chi connectivity index (χ0) is 15.8. The highest BCUT2D eigenvalue weighted by molar-refractivity contribution is 5.62. The number of aromatic nitrogens is 3. The number of imidazole rings is 1. The molecule has 2 heterocycles. The Bertz CT molecular complexity index is 1030. The summed E-state index contributed by atoms with van der Waals surface area (Å²) >= 11 is 0. The second kappa shape index (κ2) is 5.21. The summed E-state index contributed by atoms with van der Waals surface area (Å²) in [6.45, 7) is 0. The minimum atomic E-state index is -0.302. The number of fused-ring (bicyclic) bond motifs is 1. The van der Waals surface area contributed by atoms with Crippen molar-refractivity contribution in [2.45, 2.75) is 0 Å². The van der Waals surface area contributed by atoms with E-state index in [0.717, 1.165) is 11.3 Å². The maximum absolute atomic E-state index is 13.0. The van der Waals surface area contributed by atoms with Crippen LogP contribution in [0.5, 0.6) is 0 Å². The molecule has 112 valence electrons. The second-order valence-corrected chi connectivity index (χ2v) is 5.17. The van der Waals surface area contributed by atoms with Crippen molar-refractivity contribution in [1.82, 2.24) is 14.0 Å². The Morgan fingerprint density at radius 2 is 1.65 bits per heavy atom.